The van der Waals surface area contributed by atoms with E-state index >= 15 is 0 Å². The fraction of sp³-hybridized carbons (Fsp3) is 0.769. The maximum atomic E-state index is 12.8. The summed E-state index contributed by atoms with van der Waals surface area (Å²) in [6, 6.07) is 0.342. The maximum absolute atomic E-state index is 12.8. The van der Waals surface area contributed by atoms with Crippen LogP contribution in [0.4, 0.5) is 0 Å². The lowest BCUT2D eigenvalue weighted by Gasteiger charge is -2.32. The smallest absolute Gasteiger partial charge is 0.246 e. The number of hydrogen-bond donors (Lipinski definition) is 2. The number of H-pyrrole nitrogens is 1. The van der Waals surface area contributed by atoms with Crippen molar-refractivity contribution in [3.63, 3.8) is 0 Å². The minimum absolute atomic E-state index is 0.342. The second-order valence-electron chi connectivity index (χ2n) is 5.85. The van der Waals surface area contributed by atoms with Crippen molar-refractivity contribution in [2.24, 2.45) is 0 Å². The van der Waals surface area contributed by atoms with E-state index in [0.29, 0.717) is 35.4 Å². The molecule has 0 saturated carbocycles. The number of sulfonamides is 1. The summed E-state index contributed by atoms with van der Waals surface area (Å²) in [4.78, 5) is 2.75. The molecule has 0 radical (unpaired) electrons. The van der Waals surface area contributed by atoms with E-state index in [2.05, 4.69) is 20.4 Å². The standard InChI is InChI=1S/C13H23N5O2S/c1-10-13(11(2)16-15-10)21(19,20)18-6-3-12(9-18)17-7-4-14-5-8-17/h12,14H,3-9H2,1-2H3,(H,15,16). The van der Waals surface area contributed by atoms with Gasteiger partial charge in [-0.3, -0.25) is 10.00 Å². The molecule has 8 heteroatoms. The molecule has 7 nitrogen and oxygen atoms in total. The lowest BCUT2D eigenvalue weighted by molar-refractivity contribution is 0.179. The molecule has 0 amide bonds. The maximum Gasteiger partial charge on any atom is 0.246 e. The molecule has 2 aliphatic heterocycles. The lowest BCUT2D eigenvalue weighted by atomic mass is 10.2. The highest BCUT2D eigenvalue weighted by Gasteiger charge is 2.37. The molecule has 2 N–H and O–H groups in total. The van der Waals surface area contributed by atoms with Gasteiger partial charge in [-0.15, -0.1) is 0 Å². The van der Waals surface area contributed by atoms with E-state index in [4.69, 9.17) is 0 Å². The van der Waals surface area contributed by atoms with Crippen LogP contribution in [0.25, 0.3) is 0 Å². The number of nitrogens with one attached hydrogen (secondary N) is 2. The summed E-state index contributed by atoms with van der Waals surface area (Å²) in [6.07, 6.45) is 0.912. The van der Waals surface area contributed by atoms with Crippen LogP contribution in [0.5, 0.6) is 0 Å². The van der Waals surface area contributed by atoms with E-state index in [1.807, 2.05) is 0 Å². The zero-order valence-corrected chi connectivity index (χ0v) is 13.4. The molecule has 21 heavy (non-hydrogen) atoms. The SMILES string of the molecule is Cc1n[nH]c(C)c1S(=O)(=O)N1CCC(N2CCNCC2)C1. The van der Waals surface area contributed by atoms with Crippen molar-refractivity contribution in [2.75, 3.05) is 39.3 Å². The zero-order valence-electron chi connectivity index (χ0n) is 12.6. The number of aromatic amines is 1. The molecule has 3 rings (SSSR count). The van der Waals surface area contributed by atoms with Gasteiger partial charge in [-0.25, -0.2) is 8.42 Å². The first-order valence-electron chi connectivity index (χ1n) is 7.46. The van der Waals surface area contributed by atoms with Crippen LogP contribution in [0.15, 0.2) is 4.90 Å². The minimum Gasteiger partial charge on any atom is -0.314 e. The molecule has 0 bridgehead atoms. The molecule has 2 aliphatic rings. The van der Waals surface area contributed by atoms with E-state index < -0.39 is 10.0 Å². The van der Waals surface area contributed by atoms with Gasteiger partial charge in [0.2, 0.25) is 10.0 Å². The average molecular weight is 313 g/mol. The molecule has 1 aromatic rings. The quantitative estimate of drug-likeness (QED) is 0.800. The fourth-order valence-corrected chi connectivity index (χ4v) is 5.15. The number of rotatable bonds is 3. The predicted molar refractivity (Wildman–Crippen MR) is 79.7 cm³/mol. The van der Waals surface area contributed by atoms with Gasteiger partial charge in [-0.1, -0.05) is 0 Å². The third-order valence-corrected chi connectivity index (χ3v) is 6.58. The molecule has 0 spiro atoms. The largest absolute Gasteiger partial charge is 0.314 e. The summed E-state index contributed by atoms with van der Waals surface area (Å²) >= 11 is 0. The summed E-state index contributed by atoms with van der Waals surface area (Å²) in [5.74, 6) is 0. The lowest BCUT2D eigenvalue weighted by Crippen LogP contribution is -2.49. The van der Waals surface area contributed by atoms with Crippen molar-refractivity contribution in [3.05, 3.63) is 11.4 Å². The van der Waals surface area contributed by atoms with Crippen molar-refractivity contribution in [3.8, 4) is 0 Å². The molecule has 2 fully saturated rings. The first-order chi connectivity index (χ1) is 10.00. The normalized spacial score (nSPS) is 25.5. The number of hydrogen-bond acceptors (Lipinski definition) is 5. The Morgan fingerprint density at radius 3 is 2.52 bits per heavy atom. The highest BCUT2D eigenvalue weighted by Crippen LogP contribution is 2.26. The van der Waals surface area contributed by atoms with E-state index in [-0.39, 0.29) is 0 Å². The van der Waals surface area contributed by atoms with Crippen molar-refractivity contribution in [1.29, 1.82) is 0 Å². The van der Waals surface area contributed by atoms with Gasteiger partial charge >= 0.3 is 0 Å². The zero-order chi connectivity index (χ0) is 15.0. The predicted octanol–water partition coefficient (Wildman–Crippen LogP) is -0.305. The first kappa shape index (κ1) is 15.0. The first-order valence-corrected chi connectivity index (χ1v) is 8.90. The molecule has 0 aromatic carbocycles. The van der Waals surface area contributed by atoms with E-state index in [0.717, 1.165) is 32.6 Å². The molecular formula is C13H23N5O2S. The van der Waals surface area contributed by atoms with Gasteiger partial charge in [0.25, 0.3) is 0 Å². The second-order valence-corrected chi connectivity index (χ2v) is 7.73. The Morgan fingerprint density at radius 2 is 1.90 bits per heavy atom. The molecule has 2 saturated heterocycles. The van der Waals surface area contributed by atoms with Gasteiger partial charge in [-0.2, -0.15) is 9.40 Å². The van der Waals surface area contributed by atoms with Gasteiger partial charge in [0.15, 0.2) is 0 Å². The summed E-state index contributed by atoms with van der Waals surface area (Å²) in [5, 5.41) is 10.1. The van der Waals surface area contributed by atoms with E-state index in [1.165, 1.54) is 0 Å². The Bertz CT molecular complexity index is 587. The minimum atomic E-state index is -3.43. The Hall–Kier alpha value is -0.960. The third kappa shape index (κ3) is 2.73. The number of piperazine rings is 1. The van der Waals surface area contributed by atoms with Crippen LogP contribution < -0.4 is 5.32 Å². The number of aryl methyl sites for hydroxylation is 2. The molecule has 1 aromatic heterocycles. The Balaban J connectivity index is 1.76. The van der Waals surface area contributed by atoms with Gasteiger partial charge in [0.05, 0.1) is 11.4 Å². The van der Waals surface area contributed by atoms with Crippen LogP contribution in [0.1, 0.15) is 17.8 Å². The van der Waals surface area contributed by atoms with E-state index in [9.17, 15) is 8.42 Å². The van der Waals surface area contributed by atoms with Gasteiger partial charge < -0.3 is 5.32 Å². The Kier molecular flexibility index (Phi) is 4.04. The summed E-state index contributed by atoms with van der Waals surface area (Å²) in [6.45, 7) is 8.67. The summed E-state index contributed by atoms with van der Waals surface area (Å²) < 4.78 is 27.2. The van der Waals surface area contributed by atoms with Crippen LogP contribution in [-0.4, -0.2) is 73.1 Å². The molecule has 118 valence electrons. The Morgan fingerprint density at radius 1 is 1.19 bits per heavy atom. The molecule has 1 atom stereocenters. The van der Waals surface area contributed by atoms with Crippen LogP contribution >= 0.6 is 0 Å². The Labute approximate surface area is 125 Å². The number of aromatic nitrogens is 2. The molecule has 1 unspecified atom stereocenters. The molecule has 0 aliphatic carbocycles. The topological polar surface area (TPSA) is 81.3 Å². The van der Waals surface area contributed by atoms with Gasteiger partial charge in [0, 0.05) is 45.3 Å². The van der Waals surface area contributed by atoms with Crippen LogP contribution in [0.3, 0.4) is 0 Å². The van der Waals surface area contributed by atoms with Crippen molar-refractivity contribution in [1.82, 2.24) is 24.7 Å². The highest BCUT2D eigenvalue weighted by atomic mass is 32.2. The second kappa shape index (κ2) is 5.68. The highest BCUT2D eigenvalue weighted by molar-refractivity contribution is 7.89. The van der Waals surface area contributed by atoms with Gasteiger partial charge in [-0.05, 0) is 20.3 Å². The summed E-state index contributed by atoms with van der Waals surface area (Å²) in [5.41, 5.74) is 1.18. The monoisotopic (exact) mass is 313 g/mol. The third-order valence-electron chi connectivity index (χ3n) is 4.45. The molecular weight excluding hydrogens is 290 g/mol. The fourth-order valence-electron chi connectivity index (χ4n) is 3.32. The van der Waals surface area contributed by atoms with Crippen LogP contribution in [-0.2, 0) is 10.0 Å². The molecule has 3 heterocycles. The number of nitrogens with zero attached hydrogens (tertiary/aromatic N) is 3. The average Bonchev–Trinajstić information content (AvgIpc) is 3.08. The van der Waals surface area contributed by atoms with Crippen LogP contribution in [0.2, 0.25) is 0 Å². The van der Waals surface area contributed by atoms with E-state index in [1.54, 1.807) is 18.2 Å². The summed E-state index contributed by atoms with van der Waals surface area (Å²) in [7, 11) is -3.43. The van der Waals surface area contributed by atoms with Crippen LogP contribution in [0, 0.1) is 13.8 Å². The van der Waals surface area contributed by atoms with Crippen molar-refractivity contribution < 1.29 is 8.42 Å². The van der Waals surface area contributed by atoms with Crippen molar-refractivity contribution in [2.45, 2.75) is 31.2 Å². The van der Waals surface area contributed by atoms with Crippen molar-refractivity contribution >= 4 is 10.0 Å². The van der Waals surface area contributed by atoms with Gasteiger partial charge in [0.1, 0.15) is 4.90 Å².